The Bertz CT molecular complexity index is 1610. The molecule has 0 aromatic heterocycles. The predicted molar refractivity (Wildman–Crippen MR) is 171 cm³/mol. The monoisotopic (exact) mass is 574 g/mol. The lowest BCUT2D eigenvalue weighted by atomic mass is 9.85. The zero-order chi connectivity index (χ0) is 30.8. The maximum Gasteiger partial charge on any atom is 0.343 e. The van der Waals surface area contributed by atoms with E-state index in [2.05, 4.69) is 79.8 Å². The van der Waals surface area contributed by atoms with Crippen molar-refractivity contribution in [1.82, 2.24) is 0 Å². The highest BCUT2D eigenvalue weighted by atomic mass is 16.6. The Balaban J connectivity index is 1.54. The zero-order valence-corrected chi connectivity index (χ0v) is 25.4. The summed E-state index contributed by atoms with van der Waals surface area (Å²) >= 11 is 0. The van der Waals surface area contributed by atoms with Crippen LogP contribution >= 0.6 is 0 Å². The van der Waals surface area contributed by atoms with E-state index in [1.165, 1.54) is 12.7 Å². The molecule has 0 saturated heterocycles. The number of aryl methyl sites for hydroxylation is 1. The maximum absolute atomic E-state index is 11.4. The normalized spacial score (nSPS) is 11.3. The average molecular weight is 575 g/mol. The smallest absolute Gasteiger partial charge is 0.343 e. The molecule has 0 bridgehead atoms. The third-order valence-corrected chi connectivity index (χ3v) is 7.00. The van der Waals surface area contributed by atoms with Gasteiger partial charge >= 0.3 is 5.97 Å². The van der Waals surface area contributed by atoms with Gasteiger partial charge in [-0.05, 0) is 94.3 Å². The van der Waals surface area contributed by atoms with Gasteiger partial charge in [-0.2, -0.15) is 0 Å². The molecule has 0 amide bonds. The van der Waals surface area contributed by atoms with E-state index >= 15 is 0 Å². The molecule has 220 valence electrons. The van der Waals surface area contributed by atoms with Crippen molar-refractivity contribution in [2.24, 2.45) is 0 Å². The zero-order valence-electron chi connectivity index (χ0n) is 25.4. The number of ether oxygens (including phenoxy) is 3. The molecule has 0 aliphatic rings. The molecule has 0 aliphatic carbocycles. The van der Waals surface area contributed by atoms with Crippen LogP contribution in [-0.4, -0.2) is 31.4 Å². The van der Waals surface area contributed by atoms with Crippen molar-refractivity contribution in [3.63, 3.8) is 0 Å². The molecule has 4 aromatic rings. The first kappa shape index (κ1) is 31.2. The number of carbonyl (C=O) groups excluding carboxylic acids is 1. The lowest BCUT2D eigenvalue weighted by Crippen LogP contribution is -2.13. The van der Waals surface area contributed by atoms with Gasteiger partial charge in [0.15, 0.2) is 6.61 Å². The number of hydrogen-bond acceptors (Lipinski definition) is 5. The fraction of sp³-hybridized carbons (Fsp3) is 0.237. The van der Waals surface area contributed by atoms with Crippen molar-refractivity contribution in [1.29, 1.82) is 0 Å². The van der Waals surface area contributed by atoms with Crippen LogP contribution in [0.1, 0.15) is 59.7 Å². The Labute approximate surface area is 254 Å². The second-order valence-corrected chi connectivity index (χ2v) is 11.2. The standard InChI is InChI=1S/C38H38O5/c1-27-24-34(20-21-36(27)43-26-37(40)41-5)42-23-22-35(32-16-18-33(19-17-32)38(2,3)4)31-14-12-29(13-15-31)7-6-28-8-10-30(25-39)11-9-28/h8-22,24,39H,23,25-26H2,1-5H3. The van der Waals surface area contributed by atoms with E-state index in [9.17, 15) is 9.90 Å². The van der Waals surface area contributed by atoms with Crippen molar-refractivity contribution in [3.05, 3.63) is 136 Å². The van der Waals surface area contributed by atoms with Crippen LogP contribution in [0, 0.1) is 18.8 Å². The van der Waals surface area contributed by atoms with E-state index in [4.69, 9.17) is 9.47 Å². The number of benzene rings is 4. The minimum Gasteiger partial charge on any atom is -0.489 e. The number of hydrogen-bond donors (Lipinski definition) is 1. The summed E-state index contributed by atoms with van der Waals surface area (Å²) in [5.41, 5.74) is 8.11. The Morgan fingerprint density at radius 3 is 1.93 bits per heavy atom. The molecule has 5 heteroatoms. The van der Waals surface area contributed by atoms with Gasteiger partial charge in [-0.15, -0.1) is 0 Å². The molecule has 5 nitrogen and oxygen atoms in total. The maximum atomic E-state index is 11.4. The molecule has 0 atom stereocenters. The topological polar surface area (TPSA) is 65.0 Å². The highest BCUT2D eigenvalue weighted by Gasteiger charge is 2.14. The molecule has 0 saturated carbocycles. The third-order valence-electron chi connectivity index (χ3n) is 7.00. The molecular formula is C38H38O5. The molecule has 0 spiro atoms. The van der Waals surface area contributed by atoms with Gasteiger partial charge in [0.2, 0.25) is 0 Å². The van der Waals surface area contributed by atoms with Crippen LogP contribution in [0.2, 0.25) is 0 Å². The van der Waals surface area contributed by atoms with Crippen molar-refractivity contribution >= 4 is 11.5 Å². The highest BCUT2D eigenvalue weighted by molar-refractivity contribution is 5.80. The van der Waals surface area contributed by atoms with E-state index in [-0.39, 0.29) is 18.6 Å². The van der Waals surface area contributed by atoms with Gasteiger partial charge in [0.1, 0.15) is 18.1 Å². The molecule has 0 fully saturated rings. The molecule has 0 radical (unpaired) electrons. The molecule has 4 aromatic carbocycles. The van der Waals surface area contributed by atoms with Crippen LogP contribution in [0.5, 0.6) is 11.5 Å². The summed E-state index contributed by atoms with van der Waals surface area (Å²) in [6.07, 6.45) is 2.09. The van der Waals surface area contributed by atoms with E-state index in [0.29, 0.717) is 18.1 Å². The first-order valence-electron chi connectivity index (χ1n) is 14.2. The van der Waals surface area contributed by atoms with Gasteiger partial charge in [0.05, 0.1) is 13.7 Å². The number of aliphatic hydroxyl groups excluding tert-OH is 1. The van der Waals surface area contributed by atoms with Crippen molar-refractivity contribution in [2.45, 2.75) is 39.7 Å². The number of esters is 1. The summed E-state index contributed by atoms with van der Waals surface area (Å²) in [6, 6.07) is 30.0. The van der Waals surface area contributed by atoms with E-state index in [0.717, 1.165) is 39.0 Å². The third kappa shape index (κ3) is 8.85. The van der Waals surface area contributed by atoms with Crippen molar-refractivity contribution in [2.75, 3.05) is 20.3 Å². The molecule has 0 heterocycles. The van der Waals surface area contributed by atoms with Crippen LogP contribution in [0.25, 0.3) is 5.57 Å². The van der Waals surface area contributed by atoms with Crippen LogP contribution in [0.15, 0.2) is 97.1 Å². The summed E-state index contributed by atoms with van der Waals surface area (Å²) in [6.45, 7) is 8.78. The van der Waals surface area contributed by atoms with E-state index in [1.54, 1.807) is 6.07 Å². The van der Waals surface area contributed by atoms with Crippen LogP contribution in [-0.2, 0) is 21.6 Å². The Hall–Kier alpha value is -4.79. The fourth-order valence-corrected chi connectivity index (χ4v) is 4.41. The number of methoxy groups -OCH3 is 1. The molecule has 43 heavy (non-hydrogen) atoms. The summed E-state index contributed by atoms with van der Waals surface area (Å²) in [4.78, 5) is 11.4. The largest absolute Gasteiger partial charge is 0.489 e. The van der Waals surface area contributed by atoms with Gasteiger partial charge in [0.25, 0.3) is 0 Å². The lowest BCUT2D eigenvalue weighted by Gasteiger charge is -2.19. The minimum absolute atomic E-state index is 0.0222. The molecule has 4 rings (SSSR count). The Morgan fingerprint density at radius 2 is 1.40 bits per heavy atom. The van der Waals surface area contributed by atoms with Gasteiger partial charge in [-0.3, -0.25) is 0 Å². The van der Waals surface area contributed by atoms with Gasteiger partial charge in [-0.1, -0.05) is 81.1 Å². The Morgan fingerprint density at radius 1 is 0.814 bits per heavy atom. The summed E-state index contributed by atoms with van der Waals surface area (Å²) < 4.78 is 16.3. The van der Waals surface area contributed by atoms with E-state index in [1.807, 2.05) is 55.5 Å². The SMILES string of the molecule is COC(=O)COc1ccc(OCC=C(c2ccc(C#Cc3ccc(CO)cc3)cc2)c2ccc(C(C)(C)C)cc2)cc1C. The summed E-state index contributed by atoms with van der Waals surface area (Å²) in [7, 11) is 1.33. The van der Waals surface area contributed by atoms with Crippen LogP contribution in [0.3, 0.4) is 0 Å². The van der Waals surface area contributed by atoms with Crippen molar-refractivity contribution < 1.29 is 24.1 Å². The lowest BCUT2D eigenvalue weighted by molar-refractivity contribution is -0.142. The summed E-state index contributed by atoms with van der Waals surface area (Å²) in [5.74, 6) is 7.31. The second-order valence-electron chi connectivity index (χ2n) is 11.2. The van der Waals surface area contributed by atoms with Crippen molar-refractivity contribution in [3.8, 4) is 23.3 Å². The minimum atomic E-state index is -0.429. The Kier molecular flexibility index (Phi) is 10.4. The second kappa shape index (κ2) is 14.4. The highest BCUT2D eigenvalue weighted by Crippen LogP contribution is 2.29. The molecule has 1 N–H and O–H groups in total. The average Bonchev–Trinajstić information content (AvgIpc) is 3.02. The van der Waals surface area contributed by atoms with Gasteiger partial charge in [0, 0.05) is 11.1 Å². The number of aliphatic hydroxyl groups is 1. The van der Waals surface area contributed by atoms with Gasteiger partial charge < -0.3 is 19.3 Å². The number of carbonyl (C=O) groups is 1. The first-order chi connectivity index (χ1) is 20.7. The molecular weight excluding hydrogens is 536 g/mol. The summed E-state index contributed by atoms with van der Waals surface area (Å²) in [5, 5.41) is 9.25. The first-order valence-corrected chi connectivity index (χ1v) is 14.2. The van der Waals surface area contributed by atoms with Crippen LogP contribution < -0.4 is 9.47 Å². The van der Waals surface area contributed by atoms with E-state index < -0.39 is 5.97 Å². The number of rotatable bonds is 9. The fourth-order valence-electron chi connectivity index (χ4n) is 4.41. The van der Waals surface area contributed by atoms with Crippen LogP contribution in [0.4, 0.5) is 0 Å². The quantitative estimate of drug-likeness (QED) is 0.169. The van der Waals surface area contributed by atoms with Gasteiger partial charge in [-0.25, -0.2) is 4.79 Å². The molecule has 0 unspecified atom stereocenters. The molecule has 0 aliphatic heterocycles. The predicted octanol–water partition coefficient (Wildman–Crippen LogP) is 7.25.